The smallest absolute Gasteiger partial charge is 0.191 e. The highest BCUT2D eigenvalue weighted by molar-refractivity contribution is 5.79. The van der Waals surface area contributed by atoms with Crippen molar-refractivity contribution in [3.63, 3.8) is 0 Å². The molecule has 1 heterocycles. The van der Waals surface area contributed by atoms with Crippen molar-refractivity contribution in [1.29, 1.82) is 0 Å². The summed E-state index contributed by atoms with van der Waals surface area (Å²) in [5, 5.41) is 6.89. The van der Waals surface area contributed by atoms with Crippen LogP contribution in [0.3, 0.4) is 0 Å². The third-order valence-electron chi connectivity index (χ3n) is 5.08. The minimum absolute atomic E-state index is 0.375. The molecule has 2 rings (SSSR count). The number of aliphatic imine (C=N–C) groups is 1. The van der Waals surface area contributed by atoms with Crippen LogP contribution in [0.15, 0.2) is 53.7 Å². The molecule has 30 heavy (non-hydrogen) atoms. The van der Waals surface area contributed by atoms with Crippen molar-refractivity contribution < 1.29 is 4.74 Å². The van der Waals surface area contributed by atoms with Gasteiger partial charge in [0.2, 0.25) is 0 Å². The Labute approximate surface area is 181 Å². The van der Waals surface area contributed by atoms with Crippen molar-refractivity contribution in [2.45, 2.75) is 52.8 Å². The molecule has 2 aromatic rings. The van der Waals surface area contributed by atoms with E-state index in [1.807, 2.05) is 37.4 Å². The van der Waals surface area contributed by atoms with E-state index in [9.17, 15) is 0 Å². The minimum atomic E-state index is 0.375. The summed E-state index contributed by atoms with van der Waals surface area (Å²) >= 11 is 0. The predicted octanol–water partition coefficient (Wildman–Crippen LogP) is 3.84. The molecule has 0 saturated heterocycles. The second-order valence-electron chi connectivity index (χ2n) is 7.40. The molecule has 0 radical (unpaired) electrons. The lowest BCUT2D eigenvalue weighted by atomic mass is 10.2. The van der Waals surface area contributed by atoms with Crippen LogP contribution in [-0.4, -0.2) is 48.6 Å². The zero-order valence-corrected chi connectivity index (χ0v) is 18.9. The monoisotopic (exact) mass is 411 g/mol. The van der Waals surface area contributed by atoms with Gasteiger partial charge in [0.1, 0.15) is 12.4 Å². The first-order chi connectivity index (χ1) is 14.6. The number of nitrogens with zero attached hydrogens (tertiary/aromatic N) is 3. The SMILES string of the molecule is CCN(CC)CCCC(C)NC(=NC)NCc1cccc(OCc2ccccn2)c1. The van der Waals surface area contributed by atoms with Gasteiger partial charge < -0.3 is 20.3 Å². The topological polar surface area (TPSA) is 61.8 Å². The van der Waals surface area contributed by atoms with E-state index in [1.165, 1.54) is 6.42 Å². The first-order valence-electron chi connectivity index (χ1n) is 11.0. The van der Waals surface area contributed by atoms with Crippen LogP contribution in [0.4, 0.5) is 0 Å². The molecule has 1 unspecified atom stereocenters. The summed E-state index contributed by atoms with van der Waals surface area (Å²) in [6, 6.07) is 14.3. The molecule has 1 atom stereocenters. The molecule has 0 bridgehead atoms. The zero-order chi connectivity index (χ0) is 21.6. The maximum absolute atomic E-state index is 5.87. The lowest BCUT2D eigenvalue weighted by Crippen LogP contribution is -2.42. The van der Waals surface area contributed by atoms with Gasteiger partial charge in [0.05, 0.1) is 5.69 Å². The zero-order valence-electron chi connectivity index (χ0n) is 18.9. The Morgan fingerprint density at radius 2 is 2.00 bits per heavy atom. The summed E-state index contributed by atoms with van der Waals surface area (Å²) in [5.41, 5.74) is 2.06. The number of pyridine rings is 1. The van der Waals surface area contributed by atoms with Gasteiger partial charge in [-0.2, -0.15) is 0 Å². The van der Waals surface area contributed by atoms with E-state index >= 15 is 0 Å². The third-order valence-corrected chi connectivity index (χ3v) is 5.08. The van der Waals surface area contributed by atoms with Gasteiger partial charge in [-0.05, 0) is 69.2 Å². The molecule has 1 aromatic carbocycles. The van der Waals surface area contributed by atoms with E-state index < -0.39 is 0 Å². The quantitative estimate of drug-likeness (QED) is 0.410. The average Bonchev–Trinajstić information content (AvgIpc) is 2.79. The van der Waals surface area contributed by atoms with Crippen molar-refractivity contribution >= 4 is 5.96 Å². The van der Waals surface area contributed by atoms with Crippen LogP contribution >= 0.6 is 0 Å². The number of guanidine groups is 1. The van der Waals surface area contributed by atoms with Crippen molar-refractivity contribution in [3.05, 3.63) is 59.9 Å². The molecule has 1 aromatic heterocycles. The normalized spacial score (nSPS) is 12.6. The summed E-state index contributed by atoms with van der Waals surface area (Å²) < 4.78 is 5.87. The Morgan fingerprint density at radius 3 is 2.70 bits per heavy atom. The molecule has 0 aliphatic rings. The summed E-state index contributed by atoms with van der Waals surface area (Å²) in [5.74, 6) is 1.66. The van der Waals surface area contributed by atoms with E-state index in [4.69, 9.17) is 4.74 Å². The van der Waals surface area contributed by atoms with Crippen LogP contribution in [0.2, 0.25) is 0 Å². The molecule has 6 nitrogen and oxygen atoms in total. The van der Waals surface area contributed by atoms with Crippen LogP contribution in [-0.2, 0) is 13.2 Å². The lowest BCUT2D eigenvalue weighted by Gasteiger charge is -2.21. The van der Waals surface area contributed by atoms with Crippen LogP contribution in [0, 0.1) is 0 Å². The van der Waals surface area contributed by atoms with Crippen molar-refractivity contribution in [2.24, 2.45) is 4.99 Å². The Kier molecular flexibility index (Phi) is 10.7. The van der Waals surface area contributed by atoms with Gasteiger partial charge in [-0.15, -0.1) is 0 Å². The van der Waals surface area contributed by atoms with Crippen LogP contribution in [0.5, 0.6) is 5.75 Å². The highest BCUT2D eigenvalue weighted by Gasteiger charge is 2.07. The van der Waals surface area contributed by atoms with Gasteiger partial charge in [0, 0.05) is 25.8 Å². The standard InChI is InChI=1S/C24H37N5O/c1-5-29(6-2)16-10-11-20(3)28-24(25-4)27-18-21-12-9-14-23(17-21)30-19-22-13-7-8-15-26-22/h7-9,12-15,17,20H,5-6,10-11,16,18-19H2,1-4H3,(H2,25,27,28). The molecular weight excluding hydrogens is 374 g/mol. The predicted molar refractivity (Wildman–Crippen MR) is 125 cm³/mol. The Balaban J connectivity index is 1.76. The van der Waals surface area contributed by atoms with E-state index in [0.717, 1.165) is 49.0 Å². The van der Waals surface area contributed by atoms with E-state index in [1.54, 1.807) is 6.20 Å². The minimum Gasteiger partial charge on any atom is -0.487 e. The fourth-order valence-corrected chi connectivity index (χ4v) is 3.23. The number of hydrogen-bond acceptors (Lipinski definition) is 4. The first-order valence-corrected chi connectivity index (χ1v) is 11.0. The average molecular weight is 412 g/mol. The van der Waals surface area contributed by atoms with E-state index in [2.05, 4.69) is 58.4 Å². The molecule has 0 amide bonds. The van der Waals surface area contributed by atoms with Gasteiger partial charge in [-0.1, -0.05) is 32.0 Å². The highest BCUT2D eigenvalue weighted by Crippen LogP contribution is 2.14. The molecule has 0 aliphatic heterocycles. The molecule has 2 N–H and O–H groups in total. The maximum Gasteiger partial charge on any atom is 0.191 e. The van der Waals surface area contributed by atoms with Crippen molar-refractivity contribution in [2.75, 3.05) is 26.7 Å². The van der Waals surface area contributed by atoms with E-state index in [0.29, 0.717) is 19.2 Å². The molecule has 0 fully saturated rings. The van der Waals surface area contributed by atoms with Gasteiger partial charge in [0.25, 0.3) is 0 Å². The highest BCUT2D eigenvalue weighted by atomic mass is 16.5. The van der Waals surface area contributed by atoms with Gasteiger partial charge in [-0.3, -0.25) is 9.98 Å². The Hall–Kier alpha value is -2.60. The molecular formula is C24H37N5O. The summed E-state index contributed by atoms with van der Waals surface area (Å²) in [6.07, 6.45) is 4.08. The molecule has 0 spiro atoms. The molecule has 0 aliphatic carbocycles. The van der Waals surface area contributed by atoms with E-state index in [-0.39, 0.29) is 0 Å². The van der Waals surface area contributed by atoms with Crippen LogP contribution < -0.4 is 15.4 Å². The van der Waals surface area contributed by atoms with Crippen LogP contribution in [0.1, 0.15) is 44.9 Å². The first kappa shape index (κ1) is 23.7. The number of nitrogens with one attached hydrogen (secondary N) is 2. The summed E-state index contributed by atoms with van der Waals surface area (Å²) in [7, 11) is 1.81. The fraction of sp³-hybridized carbons (Fsp3) is 0.500. The van der Waals surface area contributed by atoms with Crippen LogP contribution in [0.25, 0.3) is 0 Å². The largest absolute Gasteiger partial charge is 0.487 e. The van der Waals surface area contributed by atoms with Gasteiger partial charge >= 0.3 is 0 Å². The maximum atomic E-state index is 5.87. The third kappa shape index (κ3) is 8.82. The Bertz CT molecular complexity index is 746. The lowest BCUT2D eigenvalue weighted by molar-refractivity contribution is 0.292. The number of ether oxygens (including phenoxy) is 1. The number of hydrogen-bond donors (Lipinski definition) is 2. The summed E-state index contributed by atoms with van der Waals surface area (Å²) in [4.78, 5) is 11.1. The fourth-order valence-electron chi connectivity index (χ4n) is 3.23. The van der Waals surface area contributed by atoms with Gasteiger partial charge in [0.15, 0.2) is 5.96 Å². The number of aromatic nitrogens is 1. The molecule has 0 saturated carbocycles. The van der Waals surface area contributed by atoms with Gasteiger partial charge in [-0.25, -0.2) is 0 Å². The second-order valence-corrected chi connectivity index (χ2v) is 7.40. The number of benzene rings is 1. The van der Waals surface area contributed by atoms with Crippen molar-refractivity contribution in [1.82, 2.24) is 20.5 Å². The van der Waals surface area contributed by atoms with Crippen molar-refractivity contribution in [3.8, 4) is 5.75 Å². The molecule has 164 valence electrons. The Morgan fingerprint density at radius 1 is 1.17 bits per heavy atom. The summed E-state index contributed by atoms with van der Waals surface area (Å²) in [6.45, 7) is 11.2. The second kappa shape index (κ2) is 13.6. The molecule has 6 heteroatoms. The number of rotatable bonds is 12.